The monoisotopic (exact) mass is 314 g/mol. The molecule has 0 aliphatic heterocycles. The highest BCUT2D eigenvalue weighted by atomic mass is 32.1. The number of methoxy groups -OCH3 is 1. The van der Waals surface area contributed by atoms with Crippen molar-refractivity contribution in [3.05, 3.63) is 10.4 Å². The van der Waals surface area contributed by atoms with Gasteiger partial charge in [-0.3, -0.25) is 0 Å². The van der Waals surface area contributed by atoms with Crippen LogP contribution in [0, 0.1) is 5.92 Å². The molecule has 0 radical (unpaired) electrons. The predicted octanol–water partition coefficient (Wildman–Crippen LogP) is 2.39. The Hall–Kier alpha value is -1.76. The molecule has 1 aromatic heterocycles. The summed E-state index contributed by atoms with van der Waals surface area (Å²) in [6.45, 7) is 6.83. The molecule has 7 heteroatoms. The van der Waals surface area contributed by atoms with Gasteiger partial charge in [0.1, 0.15) is 15.4 Å². The van der Waals surface area contributed by atoms with Gasteiger partial charge in [-0.2, -0.15) is 0 Å². The van der Waals surface area contributed by atoms with E-state index in [0.29, 0.717) is 10.9 Å². The van der Waals surface area contributed by atoms with E-state index in [1.807, 2.05) is 11.9 Å². The van der Waals surface area contributed by atoms with Crippen LogP contribution >= 0.6 is 11.3 Å². The number of nitrogens with zero attached hydrogens (tertiary/aromatic N) is 1. The second kappa shape index (κ2) is 7.31. The minimum Gasteiger partial charge on any atom is -0.465 e. The Morgan fingerprint density at radius 1 is 1.33 bits per heavy atom. The number of carbonyl (C=O) groups is 2. The van der Waals surface area contributed by atoms with E-state index in [1.54, 1.807) is 6.92 Å². The third kappa shape index (κ3) is 3.87. The van der Waals surface area contributed by atoms with Gasteiger partial charge in [-0.15, -0.1) is 11.3 Å². The van der Waals surface area contributed by atoms with Gasteiger partial charge in [0.2, 0.25) is 0 Å². The zero-order chi connectivity index (χ0) is 16.2. The van der Waals surface area contributed by atoms with Crippen LogP contribution in [-0.2, 0) is 9.47 Å². The van der Waals surface area contributed by atoms with Crippen LogP contribution in [0.2, 0.25) is 0 Å². The molecule has 0 fully saturated rings. The summed E-state index contributed by atoms with van der Waals surface area (Å²) in [6.07, 6.45) is 0. The van der Waals surface area contributed by atoms with Crippen LogP contribution < -0.4 is 10.6 Å². The van der Waals surface area contributed by atoms with E-state index in [0.717, 1.165) is 17.9 Å². The molecule has 1 aromatic rings. The topological polar surface area (TPSA) is 81.9 Å². The molecule has 6 nitrogen and oxygen atoms in total. The Labute approximate surface area is 128 Å². The van der Waals surface area contributed by atoms with E-state index in [4.69, 9.17) is 15.2 Å². The Bertz CT molecular complexity index is 525. The highest BCUT2D eigenvalue weighted by Gasteiger charge is 2.28. The van der Waals surface area contributed by atoms with E-state index < -0.39 is 11.9 Å². The number of carbonyl (C=O) groups excluding carboxylic acids is 2. The van der Waals surface area contributed by atoms with Crippen LogP contribution in [0.5, 0.6) is 0 Å². The van der Waals surface area contributed by atoms with Crippen LogP contribution in [0.3, 0.4) is 0 Å². The standard InChI is InChI=1S/C14H22N2O4S/c1-6-20-13(17)9-10(15)11(14(18)19-5)21-12(9)16(4)7-8(2)3/h8H,6-7,15H2,1-5H3. The minimum atomic E-state index is -0.549. The SMILES string of the molecule is CCOC(=O)c1c(N(C)CC(C)C)sc(C(=O)OC)c1N. The molecule has 0 aliphatic rings. The van der Waals surface area contributed by atoms with E-state index >= 15 is 0 Å². The molecule has 0 atom stereocenters. The summed E-state index contributed by atoms with van der Waals surface area (Å²) in [5.74, 6) is -0.672. The largest absolute Gasteiger partial charge is 0.465 e. The van der Waals surface area contributed by atoms with E-state index in [1.165, 1.54) is 7.11 Å². The number of ether oxygens (including phenoxy) is 2. The molecule has 0 aromatic carbocycles. The lowest BCUT2D eigenvalue weighted by Gasteiger charge is -2.20. The van der Waals surface area contributed by atoms with Crippen molar-refractivity contribution >= 4 is 34.0 Å². The summed E-state index contributed by atoms with van der Waals surface area (Å²) >= 11 is 1.15. The molecule has 0 spiro atoms. The number of esters is 2. The van der Waals surface area contributed by atoms with Crippen LogP contribution in [0.25, 0.3) is 0 Å². The average molecular weight is 314 g/mol. The summed E-state index contributed by atoms with van der Waals surface area (Å²) < 4.78 is 9.75. The molecule has 0 amide bonds. The summed E-state index contributed by atoms with van der Waals surface area (Å²) in [5.41, 5.74) is 6.32. The third-order valence-electron chi connectivity index (χ3n) is 2.76. The van der Waals surface area contributed by atoms with Crippen molar-refractivity contribution in [2.24, 2.45) is 5.92 Å². The van der Waals surface area contributed by atoms with Gasteiger partial charge in [-0.1, -0.05) is 13.8 Å². The second-order valence-corrected chi connectivity index (χ2v) is 6.01. The maximum absolute atomic E-state index is 12.1. The molecule has 21 heavy (non-hydrogen) atoms. The summed E-state index contributed by atoms with van der Waals surface area (Å²) in [7, 11) is 3.14. The van der Waals surface area contributed by atoms with Gasteiger partial charge in [0.15, 0.2) is 0 Å². The molecule has 0 bridgehead atoms. The quantitative estimate of drug-likeness (QED) is 0.812. The normalized spacial score (nSPS) is 10.6. The van der Waals surface area contributed by atoms with Crippen LogP contribution in [0.15, 0.2) is 0 Å². The molecule has 1 heterocycles. The first kappa shape index (κ1) is 17.3. The molecule has 1 rings (SSSR count). The van der Waals surface area contributed by atoms with Gasteiger partial charge >= 0.3 is 11.9 Å². The Morgan fingerprint density at radius 3 is 2.43 bits per heavy atom. The second-order valence-electron chi connectivity index (χ2n) is 5.01. The van der Waals surface area contributed by atoms with Crippen molar-refractivity contribution in [1.82, 2.24) is 0 Å². The number of rotatable bonds is 6. The van der Waals surface area contributed by atoms with Gasteiger partial charge in [-0.25, -0.2) is 9.59 Å². The first-order valence-electron chi connectivity index (χ1n) is 6.72. The Kier molecular flexibility index (Phi) is 6.02. The number of hydrogen-bond donors (Lipinski definition) is 1. The van der Waals surface area contributed by atoms with Crippen molar-refractivity contribution in [1.29, 1.82) is 0 Å². The van der Waals surface area contributed by atoms with Crippen LogP contribution in [0.1, 0.15) is 40.8 Å². The first-order valence-corrected chi connectivity index (χ1v) is 7.53. The van der Waals surface area contributed by atoms with Gasteiger partial charge in [-0.05, 0) is 12.8 Å². The Morgan fingerprint density at radius 2 is 1.95 bits per heavy atom. The van der Waals surface area contributed by atoms with Gasteiger partial charge in [0.25, 0.3) is 0 Å². The highest BCUT2D eigenvalue weighted by Crippen LogP contribution is 2.39. The number of nitrogens with two attached hydrogens (primary N) is 1. The molecular weight excluding hydrogens is 292 g/mol. The molecule has 0 aliphatic carbocycles. The molecule has 0 saturated carbocycles. The maximum atomic E-state index is 12.1. The fraction of sp³-hybridized carbons (Fsp3) is 0.571. The molecule has 0 unspecified atom stereocenters. The first-order chi connectivity index (χ1) is 9.83. The van der Waals surface area contributed by atoms with Gasteiger partial charge in [0, 0.05) is 13.6 Å². The molecule has 2 N–H and O–H groups in total. The number of thiophene rings is 1. The van der Waals surface area contributed by atoms with Crippen LogP contribution in [0.4, 0.5) is 10.7 Å². The Balaban J connectivity index is 3.32. The zero-order valence-electron chi connectivity index (χ0n) is 13.1. The lowest BCUT2D eigenvalue weighted by Crippen LogP contribution is -2.23. The lowest BCUT2D eigenvalue weighted by atomic mass is 10.2. The molecule has 118 valence electrons. The summed E-state index contributed by atoms with van der Waals surface area (Å²) in [6, 6.07) is 0. The minimum absolute atomic E-state index is 0.121. The smallest absolute Gasteiger partial charge is 0.350 e. The van der Waals surface area contributed by atoms with E-state index in [-0.39, 0.29) is 22.7 Å². The zero-order valence-corrected chi connectivity index (χ0v) is 13.9. The van der Waals surface area contributed by atoms with Gasteiger partial charge in [0.05, 0.1) is 19.4 Å². The van der Waals surface area contributed by atoms with Crippen LogP contribution in [-0.4, -0.2) is 39.2 Å². The highest BCUT2D eigenvalue weighted by molar-refractivity contribution is 7.19. The van der Waals surface area contributed by atoms with Crippen molar-refractivity contribution in [3.8, 4) is 0 Å². The van der Waals surface area contributed by atoms with Crippen molar-refractivity contribution < 1.29 is 19.1 Å². The fourth-order valence-electron chi connectivity index (χ4n) is 1.98. The predicted molar refractivity (Wildman–Crippen MR) is 84.1 cm³/mol. The van der Waals surface area contributed by atoms with Crippen molar-refractivity contribution in [2.45, 2.75) is 20.8 Å². The number of anilines is 2. The number of nitrogen functional groups attached to an aromatic ring is 1. The van der Waals surface area contributed by atoms with E-state index in [9.17, 15) is 9.59 Å². The number of hydrogen-bond acceptors (Lipinski definition) is 7. The lowest BCUT2D eigenvalue weighted by molar-refractivity contribution is 0.0529. The van der Waals surface area contributed by atoms with E-state index in [2.05, 4.69) is 13.8 Å². The molecule has 0 saturated heterocycles. The van der Waals surface area contributed by atoms with Crippen molar-refractivity contribution in [3.63, 3.8) is 0 Å². The molecular formula is C14H22N2O4S. The van der Waals surface area contributed by atoms with Gasteiger partial charge < -0.3 is 20.1 Å². The average Bonchev–Trinajstić information content (AvgIpc) is 2.75. The summed E-state index contributed by atoms with van der Waals surface area (Å²) in [4.78, 5) is 26.0. The third-order valence-corrected chi connectivity index (χ3v) is 4.06. The summed E-state index contributed by atoms with van der Waals surface area (Å²) in [5, 5.41) is 0.625. The van der Waals surface area contributed by atoms with Crippen molar-refractivity contribution in [2.75, 3.05) is 37.9 Å². The maximum Gasteiger partial charge on any atom is 0.350 e. The fourth-order valence-corrected chi connectivity index (χ4v) is 3.07.